The van der Waals surface area contributed by atoms with E-state index in [1.54, 1.807) is 7.11 Å². The van der Waals surface area contributed by atoms with E-state index in [1.165, 1.54) is 0 Å². The van der Waals surface area contributed by atoms with Crippen molar-refractivity contribution in [3.05, 3.63) is 29.8 Å². The summed E-state index contributed by atoms with van der Waals surface area (Å²) >= 11 is 0. The molecule has 0 spiro atoms. The fraction of sp³-hybridized carbons (Fsp3) is 0.462. The van der Waals surface area contributed by atoms with E-state index in [-0.39, 0.29) is 18.1 Å². The molecule has 0 bridgehead atoms. The highest BCUT2D eigenvalue weighted by molar-refractivity contribution is 5.89. The fourth-order valence-corrected chi connectivity index (χ4v) is 1.58. The SMILES string of the molecule is COCC(C)NC(=O)Nc1cccc(C(C)N)c1. The van der Waals surface area contributed by atoms with Crippen LogP contribution < -0.4 is 16.4 Å². The first-order valence-electron chi connectivity index (χ1n) is 5.95. The molecule has 0 aliphatic rings. The first kappa shape index (κ1) is 14.5. The van der Waals surface area contributed by atoms with Gasteiger partial charge in [-0.3, -0.25) is 0 Å². The molecule has 2 amide bonds. The predicted molar refractivity (Wildman–Crippen MR) is 72.5 cm³/mol. The van der Waals surface area contributed by atoms with Gasteiger partial charge in [-0.25, -0.2) is 4.79 Å². The van der Waals surface area contributed by atoms with Gasteiger partial charge in [0.05, 0.1) is 12.6 Å². The van der Waals surface area contributed by atoms with E-state index in [9.17, 15) is 4.79 Å². The van der Waals surface area contributed by atoms with Crippen molar-refractivity contribution in [1.29, 1.82) is 0 Å². The lowest BCUT2D eigenvalue weighted by Crippen LogP contribution is -2.38. The number of rotatable bonds is 5. The first-order valence-corrected chi connectivity index (χ1v) is 5.95. The van der Waals surface area contributed by atoms with E-state index in [4.69, 9.17) is 10.5 Å². The Hall–Kier alpha value is -1.59. The van der Waals surface area contributed by atoms with Crippen LogP contribution in [0.5, 0.6) is 0 Å². The number of urea groups is 1. The van der Waals surface area contributed by atoms with Crippen LogP contribution in [-0.2, 0) is 4.74 Å². The molecular formula is C13H21N3O2. The van der Waals surface area contributed by atoms with Crippen LogP contribution in [-0.4, -0.2) is 25.8 Å². The molecule has 0 aliphatic heterocycles. The number of carbonyl (C=O) groups excluding carboxylic acids is 1. The molecule has 0 heterocycles. The molecule has 5 nitrogen and oxygen atoms in total. The molecule has 0 aromatic heterocycles. The van der Waals surface area contributed by atoms with Gasteiger partial charge in [-0.1, -0.05) is 12.1 Å². The summed E-state index contributed by atoms with van der Waals surface area (Å²) in [4.78, 5) is 11.7. The summed E-state index contributed by atoms with van der Waals surface area (Å²) in [7, 11) is 1.60. The lowest BCUT2D eigenvalue weighted by Gasteiger charge is -2.14. The molecule has 0 aliphatic carbocycles. The minimum atomic E-state index is -0.249. The largest absolute Gasteiger partial charge is 0.383 e. The standard InChI is InChI=1S/C13H21N3O2/c1-9(8-18-3)15-13(17)16-12-6-4-5-11(7-12)10(2)14/h4-7,9-10H,8,14H2,1-3H3,(H2,15,16,17). The summed E-state index contributed by atoms with van der Waals surface area (Å²) in [6.45, 7) is 4.26. The van der Waals surface area contributed by atoms with Gasteiger partial charge in [0, 0.05) is 18.8 Å². The third-order valence-corrected chi connectivity index (χ3v) is 2.46. The van der Waals surface area contributed by atoms with Crippen molar-refractivity contribution in [3.63, 3.8) is 0 Å². The molecule has 2 unspecified atom stereocenters. The van der Waals surface area contributed by atoms with E-state index in [1.807, 2.05) is 38.1 Å². The molecule has 1 aromatic rings. The van der Waals surface area contributed by atoms with Gasteiger partial charge >= 0.3 is 6.03 Å². The Morgan fingerprint density at radius 2 is 2.17 bits per heavy atom. The van der Waals surface area contributed by atoms with E-state index in [0.29, 0.717) is 6.61 Å². The molecule has 0 saturated heterocycles. The Labute approximate surface area is 108 Å². The summed E-state index contributed by atoms with van der Waals surface area (Å²) in [6.07, 6.45) is 0. The lowest BCUT2D eigenvalue weighted by molar-refractivity contribution is 0.173. The van der Waals surface area contributed by atoms with Gasteiger partial charge < -0.3 is 21.1 Å². The van der Waals surface area contributed by atoms with Crippen molar-refractivity contribution in [2.75, 3.05) is 19.0 Å². The number of hydrogen-bond acceptors (Lipinski definition) is 3. The maximum Gasteiger partial charge on any atom is 0.319 e. The van der Waals surface area contributed by atoms with Crippen molar-refractivity contribution < 1.29 is 9.53 Å². The summed E-state index contributed by atoms with van der Waals surface area (Å²) in [5, 5.41) is 5.54. The van der Waals surface area contributed by atoms with Crippen molar-refractivity contribution in [1.82, 2.24) is 5.32 Å². The van der Waals surface area contributed by atoms with Crippen molar-refractivity contribution in [2.45, 2.75) is 25.9 Å². The van der Waals surface area contributed by atoms with Gasteiger partial charge in [0.15, 0.2) is 0 Å². The van der Waals surface area contributed by atoms with Crippen LogP contribution in [0.2, 0.25) is 0 Å². The Bertz CT molecular complexity index is 394. The van der Waals surface area contributed by atoms with Crippen LogP contribution in [0.4, 0.5) is 10.5 Å². The molecule has 0 saturated carbocycles. The Kier molecular flexibility index (Phi) is 5.61. The van der Waals surface area contributed by atoms with E-state index in [0.717, 1.165) is 11.3 Å². The number of amides is 2. The van der Waals surface area contributed by atoms with Gasteiger partial charge in [-0.05, 0) is 31.5 Å². The van der Waals surface area contributed by atoms with Gasteiger partial charge in [0.2, 0.25) is 0 Å². The minimum absolute atomic E-state index is 0.0355. The fourth-order valence-electron chi connectivity index (χ4n) is 1.58. The number of ether oxygens (including phenoxy) is 1. The van der Waals surface area contributed by atoms with E-state index >= 15 is 0 Å². The highest BCUT2D eigenvalue weighted by Crippen LogP contribution is 2.15. The molecule has 1 aromatic carbocycles. The van der Waals surface area contributed by atoms with Gasteiger partial charge in [-0.15, -0.1) is 0 Å². The maximum absolute atomic E-state index is 11.7. The van der Waals surface area contributed by atoms with Crippen LogP contribution >= 0.6 is 0 Å². The van der Waals surface area contributed by atoms with Crippen molar-refractivity contribution >= 4 is 11.7 Å². The molecule has 0 fully saturated rings. The Morgan fingerprint density at radius 3 is 2.78 bits per heavy atom. The molecule has 18 heavy (non-hydrogen) atoms. The zero-order chi connectivity index (χ0) is 13.5. The zero-order valence-corrected chi connectivity index (χ0v) is 11.1. The molecule has 100 valence electrons. The number of anilines is 1. The third kappa shape index (κ3) is 4.73. The van der Waals surface area contributed by atoms with Crippen molar-refractivity contribution in [2.24, 2.45) is 5.73 Å². The Balaban J connectivity index is 2.56. The van der Waals surface area contributed by atoms with Crippen LogP contribution in [0.1, 0.15) is 25.5 Å². The number of hydrogen-bond donors (Lipinski definition) is 3. The van der Waals surface area contributed by atoms with Gasteiger partial charge in [0.1, 0.15) is 0 Å². The normalized spacial score (nSPS) is 13.8. The van der Waals surface area contributed by atoms with Crippen LogP contribution in [0.3, 0.4) is 0 Å². The van der Waals surface area contributed by atoms with E-state index < -0.39 is 0 Å². The zero-order valence-electron chi connectivity index (χ0n) is 11.1. The Morgan fingerprint density at radius 1 is 1.44 bits per heavy atom. The van der Waals surface area contributed by atoms with Crippen LogP contribution in [0.15, 0.2) is 24.3 Å². The van der Waals surface area contributed by atoms with E-state index in [2.05, 4.69) is 10.6 Å². The monoisotopic (exact) mass is 251 g/mol. The number of benzene rings is 1. The third-order valence-electron chi connectivity index (χ3n) is 2.46. The number of carbonyl (C=O) groups is 1. The quantitative estimate of drug-likeness (QED) is 0.747. The van der Waals surface area contributed by atoms with Crippen LogP contribution in [0, 0.1) is 0 Å². The molecule has 5 heteroatoms. The highest BCUT2D eigenvalue weighted by atomic mass is 16.5. The lowest BCUT2D eigenvalue weighted by atomic mass is 10.1. The second-order valence-corrected chi connectivity index (χ2v) is 4.37. The van der Waals surface area contributed by atoms with Crippen LogP contribution in [0.25, 0.3) is 0 Å². The summed E-state index contributed by atoms with van der Waals surface area (Å²) < 4.78 is 4.95. The first-order chi connectivity index (χ1) is 8.52. The summed E-state index contributed by atoms with van der Waals surface area (Å²) in [6, 6.07) is 7.15. The second-order valence-electron chi connectivity index (χ2n) is 4.37. The molecule has 2 atom stereocenters. The highest BCUT2D eigenvalue weighted by Gasteiger charge is 2.07. The minimum Gasteiger partial charge on any atom is -0.383 e. The number of nitrogens with one attached hydrogen (secondary N) is 2. The molecular weight excluding hydrogens is 230 g/mol. The van der Waals surface area contributed by atoms with Gasteiger partial charge in [0.25, 0.3) is 0 Å². The topological polar surface area (TPSA) is 76.4 Å². The predicted octanol–water partition coefficient (Wildman–Crippen LogP) is 1.86. The van der Waals surface area contributed by atoms with Crippen molar-refractivity contribution in [3.8, 4) is 0 Å². The maximum atomic E-state index is 11.7. The number of methoxy groups -OCH3 is 1. The molecule has 1 rings (SSSR count). The molecule has 0 radical (unpaired) electrons. The summed E-state index contributed by atoms with van der Waals surface area (Å²) in [5.74, 6) is 0. The van der Waals surface area contributed by atoms with Gasteiger partial charge in [-0.2, -0.15) is 0 Å². The second kappa shape index (κ2) is 6.98. The average molecular weight is 251 g/mol. The molecule has 4 N–H and O–H groups in total. The summed E-state index contributed by atoms with van der Waals surface area (Å²) in [5.41, 5.74) is 7.50. The smallest absolute Gasteiger partial charge is 0.319 e. The number of nitrogens with two attached hydrogens (primary N) is 1. The average Bonchev–Trinajstić information content (AvgIpc) is 2.29.